The fraction of sp³-hybridized carbons (Fsp3) is 0.682. The molecule has 0 atom stereocenters. The van der Waals surface area contributed by atoms with Gasteiger partial charge >= 0.3 is 5.97 Å². The van der Waals surface area contributed by atoms with Gasteiger partial charge in [0.1, 0.15) is 5.75 Å². The number of carboxylic acids is 1. The maximum atomic E-state index is 11.3. The molecule has 0 saturated heterocycles. The van der Waals surface area contributed by atoms with E-state index in [-0.39, 0.29) is 5.41 Å². The highest BCUT2D eigenvalue weighted by molar-refractivity contribution is 5.88. The first-order chi connectivity index (χ1) is 12.3. The van der Waals surface area contributed by atoms with Gasteiger partial charge in [-0.2, -0.15) is 0 Å². The minimum Gasteiger partial charge on any atom is -0.493 e. The SMILES string of the molecule is CCCCN(CCCC)CCCOc1ccc(C(=O)O)cc1C(C)(C)C. The van der Waals surface area contributed by atoms with Crippen molar-refractivity contribution >= 4 is 5.97 Å². The third kappa shape index (κ3) is 7.77. The van der Waals surface area contributed by atoms with Crippen LogP contribution in [0.1, 0.15) is 82.6 Å². The van der Waals surface area contributed by atoms with Crippen LogP contribution in [0.2, 0.25) is 0 Å². The van der Waals surface area contributed by atoms with Crippen molar-refractivity contribution in [2.75, 3.05) is 26.2 Å². The summed E-state index contributed by atoms with van der Waals surface area (Å²) in [6, 6.07) is 5.17. The third-order valence-corrected chi connectivity index (χ3v) is 4.57. The minimum atomic E-state index is -0.899. The molecule has 0 saturated carbocycles. The quantitative estimate of drug-likeness (QED) is 0.508. The maximum absolute atomic E-state index is 11.3. The highest BCUT2D eigenvalue weighted by atomic mass is 16.5. The molecule has 0 aliphatic carbocycles. The van der Waals surface area contributed by atoms with E-state index in [2.05, 4.69) is 39.5 Å². The Bertz CT molecular complexity index is 541. The van der Waals surface area contributed by atoms with Crippen molar-refractivity contribution in [3.8, 4) is 5.75 Å². The fourth-order valence-corrected chi connectivity index (χ4v) is 2.94. The number of rotatable bonds is 12. The predicted octanol–water partition coefficient (Wildman–Crippen LogP) is 5.35. The van der Waals surface area contributed by atoms with Crippen molar-refractivity contribution in [3.63, 3.8) is 0 Å². The molecule has 0 fully saturated rings. The van der Waals surface area contributed by atoms with Crippen molar-refractivity contribution in [2.24, 2.45) is 0 Å². The van der Waals surface area contributed by atoms with Crippen molar-refractivity contribution in [1.29, 1.82) is 0 Å². The standard InChI is InChI=1S/C22H37NO3/c1-6-8-13-23(14-9-7-2)15-10-16-26-20-12-11-18(21(24)25)17-19(20)22(3,4)5/h11-12,17H,6-10,13-16H2,1-5H3,(H,24,25). The monoisotopic (exact) mass is 363 g/mol. The van der Waals surface area contributed by atoms with Gasteiger partial charge < -0.3 is 14.7 Å². The summed E-state index contributed by atoms with van der Waals surface area (Å²) >= 11 is 0. The summed E-state index contributed by atoms with van der Waals surface area (Å²) in [6.45, 7) is 14.7. The first-order valence-electron chi connectivity index (χ1n) is 10.0. The molecule has 0 aliphatic rings. The average Bonchev–Trinajstić information content (AvgIpc) is 2.59. The van der Waals surface area contributed by atoms with Crippen molar-refractivity contribution in [2.45, 2.75) is 72.1 Å². The molecular weight excluding hydrogens is 326 g/mol. The molecule has 1 rings (SSSR count). The van der Waals surface area contributed by atoms with E-state index in [1.54, 1.807) is 18.2 Å². The second kappa shape index (κ2) is 11.2. The van der Waals surface area contributed by atoms with E-state index in [0.717, 1.165) is 37.4 Å². The van der Waals surface area contributed by atoms with Gasteiger partial charge in [-0.3, -0.25) is 0 Å². The topological polar surface area (TPSA) is 49.8 Å². The summed E-state index contributed by atoms with van der Waals surface area (Å²) in [6.07, 6.45) is 5.93. The molecule has 0 aromatic heterocycles. The van der Waals surface area contributed by atoms with Crippen LogP contribution in [0, 0.1) is 0 Å². The number of unbranched alkanes of at least 4 members (excludes halogenated alkanes) is 2. The van der Waals surface area contributed by atoms with E-state index in [9.17, 15) is 9.90 Å². The fourth-order valence-electron chi connectivity index (χ4n) is 2.94. The molecule has 0 unspecified atom stereocenters. The van der Waals surface area contributed by atoms with Crippen molar-refractivity contribution < 1.29 is 14.6 Å². The summed E-state index contributed by atoms with van der Waals surface area (Å²) in [7, 11) is 0. The zero-order chi connectivity index (χ0) is 19.6. The van der Waals surface area contributed by atoms with Gasteiger partial charge in [-0.1, -0.05) is 47.5 Å². The van der Waals surface area contributed by atoms with Gasteiger partial charge in [0.15, 0.2) is 0 Å². The highest BCUT2D eigenvalue weighted by Crippen LogP contribution is 2.32. The number of benzene rings is 1. The van der Waals surface area contributed by atoms with Crippen LogP contribution < -0.4 is 4.74 Å². The van der Waals surface area contributed by atoms with Gasteiger partial charge in [-0.15, -0.1) is 0 Å². The molecule has 0 spiro atoms. The van der Waals surface area contributed by atoms with E-state index in [0.29, 0.717) is 12.2 Å². The summed E-state index contributed by atoms with van der Waals surface area (Å²) < 4.78 is 6.04. The molecule has 4 nitrogen and oxygen atoms in total. The number of hydrogen-bond donors (Lipinski definition) is 1. The molecule has 1 aromatic carbocycles. The first-order valence-corrected chi connectivity index (χ1v) is 10.0. The van der Waals surface area contributed by atoms with Gasteiger partial charge in [0, 0.05) is 12.1 Å². The minimum absolute atomic E-state index is 0.158. The van der Waals surface area contributed by atoms with Gasteiger partial charge in [0.25, 0.3) is 0 Å². The van der Waals surface area contributed by atoms with Crippen LogP contribution in [0.4, 0.5) is 0 Å². The van der Waals surface area contributed by atoms with E-state index >= 15 is 0 Å². The zero-order valence-electron chi connectivity index (χ0n) is 17.3. The maximum Gasteiger partial charge on any atom is 0.335 e. The zero-order valence-corrected chi connectivity index (χ0v) is 17.3. The Morgan fingerprint density at radius 2 is 1.62 bits per heavy atom. The Kier molecular flexibility index (Phi) is 9.71. The average molecular weight is 364 g/mol. The van der Waals surface area contributed by atoms with Crippen molar-refractivity contribution in [1.82, 2.24) is 4.90 Å². The molecule has 0 heterocycles. The molecule has 0 amide bonds. The Hall–Kier alpha value is -1.55. The van der Waals surface area contributed by atoms with E-state index in [1.165, 1.54) is 25.7 Å². The van der Waals surface area contributed by atoms with E-state index in [4.69, 9.17) is 4.74 Å². The van der Waals surface area contributed by atoms with Gasteiger partial charge in [-0.25, -0.2) is 4.79 Å². The lowest BCUT2D eigenvalue weighted by molar-refractivity contribution is 0.0696. The predicted molar refractivity (Wildman–Crippen MR) is 108 cm³/mol. The van der Waals surface area contributed by atoms with Crippen LogP contribution in [0.15, 0.2) is 18.2 Å². The molecule has 26 heavy (non-hydrogen) atoms. The summed E-state index contributed by atoms with van der Waals surface area (Å²) in [5.74, 6) is -0.0966. The molecule has 0 radical (unpaired) electrons. The lowest BCUT2D eigenvalue weighted by Gasteiger charge is -2.24. The second-order valence-electron chi connectivity index (χ2n) is 8.02. The third-order valence-electron chi connectivity index (χ3n) is 4.57. The van der Waals surface area contributed by atoms with E-state index < -0.39 is 5.97 Å². The summed E-state index contributed by atoms with van der Waals surface area (Å²) in [5, 5.41) is 9.24. The number of aromatic carboxylic acids is 1. The molecule has 4 heteroatoms. The Morgan fingerprint density at radius 1 is 1.04 bits per heavy atom. The Morgan fingerprint density at radius 3 is 2.12 bits per heavy atom. The summed E-state index contributed by atoms with van der Waals surface area (Å²) in [4.78, 5) is 13.8. The molecule has 1 aromatic rings. The Labute approximate surface area is 159 Å². The summed E-state index contributed by atoms with van der Waals surface area (Å²) in [5.41, 5.74) is 1.11. The largest absolute Gasteiger partial charge is 0.493 e. The Balaban J connectivity index is 2.64. The van der Waals surface area contributed by atoms with Crippen LogP contribution in [-0.2, 0) is 5.41 Å². The van der Waals surface area contributed by atoms with Gasteiger partial charge in [0.2, 0.25) is 0 Å². The van der Waals surface area contributed by atoms with E-state index in [1.807, 2.05) is 0 Å². The highest BCUT2D eigenvalue weighted by Gasteiger charge is 2.21. The number of carbonyl (C=O) groups is 1. The molecule has 0 bridgehead atoms. The van der Waals surface area contributed by atoms with Crippen LogP contribution >= 0.6 is 0 Å². The lowest BCUT2D eigenvalue weighted by atomic mass is 9.85. The normalized spacial score (nSPS) is 11.8. The molecule has 148 valence electrons. The number of carboxylic acid groups (broad SMARTS) is 1. The van der Waals surface area contributed by atoms with Crippen molar-refractivity contribution in [3.05, 3.63) is 29.3 Å². The molecular formula is C22H37NO3. The van der Waals surface area contributed by atoms with Crippen LogP contribution in [0.3, 0.4) is 0 Å². The molecule has 0 aliphatic heterocycles. The van der Waals surface area contributed by atoms with Crippen LogP contribution in [0.25, 0.3) is 0 Å². The van der Waals surface area contributed by atoms with Gasteiger partial charge in [-0.05, 0) is 56.0 Å². The number of ether oxygens (including phenoxy) is 1. The number of nitrogens with zero attached hydrogens (tertiary/aromatic N) is 1. The molecule has 1 N–H and O–H groups in total. The second-order valence-corrected chi connectivity index (χ2v) is 8.02. The number of hydrogen-bond acceptors (Lipinski definition) is 3. The van der Waals surface area contributed by atoms with Gasteiger partial charge in [0.05, 0.1) is 12.2 Å². The lowest BCUT2D eigenvalue weighted by Crippen LogP contribution is -2.28. The van der Waals surface area contributed by atoms with Crippen LogP contribution in [0.5, 0.6) is 5.75 Å². The first kappa shape index (κ1) is 22.5. The van der Waals surface area contributed by atoms with Crippen LogP contribution in [-0.4, -0.2) is 42.2 Å². The smallest absolute Gasteiger partial charge is 0.335 e.